The minimum absolute atomic E-state index is 0.0611. The molecule has 1 amide bonds. The monoisotopic (exact) mass is 181 g/mol. The molecule has 2 heteroatoms. The average molecular weight is 181 g/mol. The molecule has 0 saturated heterocycles. The molecule has 0 aromatic rings. The molecule has 0 radical (unpaired) electrons. The van der Waals surface area contributed by atoms with Crippen LogP contribution in [0.2, 0.25) is 0 Å². The van der Waals surface area contributed by atoms with Gasteiger partial charge in [0.05, 0.1) is 5.41 Å². The van der Waals surface area contributed by atoms with Crippen molar-refractivity contribution < 1.29 is 4.79 Å². The first-order valence-electron chi connectivity index (χ1n) is 5.23. The summed E-state index contributed by atoms with van der Waals surface area (Å²) in [5.74, 6) is 1.17. The lowest BCUT2D eigenvalue weighted by molar-refractivity contribution is -0.125. The number of hydrogen-bond acceptors (Lipinski definition) is 1. The Labute approximate surface area is 79.9 Å². The van der Waals surface area contributed by atoms with Gasteiger partial charge in [0, 0.05) is 0 Å². The van der Waals surface area contributed by atoms with Crippen LogP contribution in [0.5, 0.6) is 0 Å². The van der Waals surface area contributed by atoms with Gasteiger partial charge in [-0.3, -0.25) is 4.79 Å². The molecular weight excluding hydrogens is 162 g/mol. The second kappa shape index (κ2) is 2.28. The van der Waals surface area contributed by atoms with Gasteiger partial charge in [-0.15, -0.1) is 0 Å². The highest BCUT2D eigenvalue weighted by Gasteiger charge is 2.74. The Morgan fingerprint density at radius 2 is 2.00 bits per heavy atom. The zero-order valence-corrected chi connectivity index (χ0v) is 8.76. The minimum atomic E-state index is -0.148. The van der Waals surface area contributed by atoms with Crippen LogP contribution in [0, 0.1) is 22.7 Å². The number of fused-ring (bicyclic) bond motifs is 1. The van der Waals surface area contributed by atoms with Gasteiger partial charge in [0.15, 0.2) is 0 Å². The Morgan fingerprint density at radius 3 is 2.46 bits per heavy atom. The van der Waals surface area contributed by atoms with E-state index in [-0.39, 0.29) is 16.7 Å². The summed E-state index contributed by atoms with van der Waals surface area (Å²) in [6.07, 6.45) is 3.47. The topological polar surface area (TPSA) is 43.1 Å². The van der Waals surface area contributed by atoms with Crippen LogP contribution in [-0.2, 0) is 4.79 Å². The normalized spacial score (nSPS) is 46.7. The predicted octanol–water partition coefficient (Wildman–Crippen LogP) is 1.93. The summed E-state index contributed by atoms with van der Waals surface area (Å²) in [5.41, 5.74) is 5.56. The molecule has 0 aromatic carbocycles. The predicted molar refractivity (Wildman–Crippen MR) is 51.9 cm³/mol. The maximum absolute atomic E-state index is 11.5. The SMILES string of the molecule is CC1CCC2C(C)(C)C2(C(N)=O)C1. The fourth-order valence-electron chi connectivity index (χ4n) is 3.67. The number of primary amides is 1. The van der Waals surface area contributed by atoms with Gasteiger partial charge in [0.25, 0.3) is 0 Å². The van der Waals surface area contributed by atoms with E-state index < -0.39 is 0 Å². The Kier molecular flexibility index (Phi) is 1.59. The van der Waals surface area contributed by atoms with E-state index >= 15 is 0 Å². The Bertz CT molecular complexity index is 259. The summed E-state index contributed by atoms with van der Waals surface area (Å²) in [6.45, 7) is 6.62. The number of rotatable bonds is 1. The van der Waals surface area contributed by atoms with Gasteiger partial charge in [-0.05, 0) is 30.1 Å². The van der Waals surface area contributed by atoms with Crippen LogP contribution in [0.25, 0.3) is 0 Å². The molecule has 3 unspecified atom stereocenters. The van der Waals surface area contributed by atoms with E-state index in [1.807, 2.05) is 0 Å². The first-order valence-corrected chi connectivity index (χ1v) is 5.23. The molecule has 0 heterocycles. The average Bonchev–Trinajstić information content (AvgIpc) is 2.50. The third-order valence-electron chi connectivity index (χ3n) is 4.59. The Balaban J connectivity index is 2.30. The zero-order chi connectivity index (χ0) is 9.85. The van der Waals surface area contributed by atoms with Crippen LogP contribution in [-0.4, -0.2) is 5.91 Å². The lowest BCUT2D eigenvalue weighted by atomic mass is 9.80. The van der Waals surface area contributed by atoms with Crippen molar-refractivity contribution in [2.45, 2.75) is 40.0 Å². The maximum atomic E-state index is 11.5. The van der Waals surface area contributed by atoms with Crippen molar-refractivity contribution >= 4 is 5.91 Å². The van der Waals surface area contributed by atoms with Crippen LogP contribution in [0.1, 0.15) is 40.0 Å². The van der Waals surface area contributed by atoms with Crippen molar-refractivity contribution in [2.75, 3.05) is 0 Å². The molecule has 2 aliphatic rings. The van der Waals surface area contributed by atoms with Crippen LogP contribution >= 0.6 is 0 Å². The van der Waals surface area contributed by atoms with Crippen LogP contribution < -0.4 is 5.73 Å². The van der Waals surface area contributed by atoms with Crippen LogP contribution in [0.3, 0.4) is 0 Å². The molecular formula is C11H19NO. The van der Waals surface area contributed by atoms with Gasteiger partial charge in [-0.2, -0.15) is 0 Å². The smallest absolute Gasteiger partial charge is 0.224 e. The summed E-state index contributed by atoms with van der Waals surface area (Å²) < 4.78 is 0. The van der Waals surface area contributed by atoms with E-state index in [1.54, 1.807) is 0 Å². The van der Waals surface area contributed by atoms with E-state index in [4.69, 9.17) is 5.73 Å². The molecule has 2 N–H and O–H groups in total. The highest BCUT2D eigenvalue weighted by atomic mass is 16.1. The van der Waals surface area contributed by atoms with Crippen molar-refractivity contribution in [3.8, 4) is 0 Å². The highest BCUT2D eigenvalue weighted by molar-refractivity contribution is 5.86. The van der Waals surface area contributed by atoms with Crippen molar-refractivity contribution in [1.29, 1.82) is 0 Å². The number of hydrogen-bond donors (Lipinski definition) is 1. The number of amides is 1. The first-order chi connectivity index (χ1) is 5.93. The standard InChI is InChI=1S/C11H19NO/c1-7-4-5-8-10(2,3)11(8,6-7)9(12)13/h7-8H,4-6H2,1-3H3,(H2,12,13). The molecule has 0 bridgehead atoms. The van der Waals surface area contributed by atoms with Gasteiger partial charge in [-0.1, -0.05) is 27.2 Å². The molecule has 0 spiro atoms. The van der Waals surface area contributed by atoms with E-state index in [2.05, 4.69) is 20.8 Å². The zero-order valence-electron chi connectivity index (χ0n) is 8.76. The molecule has 2 fully saturated rings. The molecule has 2 rings (SSSR count). The summed E-state index contributed by atoms with van der Waals surface area (Å²) in [4.78, 5) is 11.5. The maximum Gasteiger partial charge on any atom is 0.224 e. The van der Waals surface area contributed by atoms with Gasteiger partial charge in [0.1, 0.15) is 0 Å². The van der Waals surface area contributed by atoms with Gasteiger partial charge >= 0.3 is 0 Å². The van der Waals surface area contributed by atoms with Crippen molar-refractivity contribution in [3.63, 3.8) is 0 Å². The van der Waals surface area contributed by atoms with Crippen molar-refractivity contribution in [2.24, 2.45) is 28.4 Å². The molecule has 0 aliphatic heterocycles. The number of carbonyl (C=O) groups excluding carboxylic acids is 1. The van der Waals surface area contributed by atoms with E-state index in [0.29, 0.717) is 11.8 Å². The third-order valence-corrected chi connectivity index (χ3v) is 4.59. The molecule has 3 atom stereocenters. The summed E-state index contributed by atoms with van der Waals surface area (Å²) >= 11 is 0. The fourth-order valence-corrected chi connectivity index (χ4v) is 3.67. The van der Waals surface area contributed by atoms with Crippen molar-refractivity contribution in [1.82, 2.24) is 0 Å². The summed E-state index contributed by atoms with van der Waals surface area (Å²) in [7, 11) is 0. The van der Waals surface area contributed by atoms with E-state index in [1.165, 1.54) is 12.8 Å². The highest BCUT2D eigenvalue weighted by Crippen LogP contribution is 2.75. The molecule has 0 aromatic heterocycles. The van der Waals surface area contributed by atoms with E-state index in [0.717, 1.165) is 6.42 Å². The lowest BCUT2D eigenvalue weighted by Gasteiger charge is -2.24. The Hall–Kier alpha value is -0.530. The Morgan fingerprint density at radius 1 is 1.38 bits per heavy atom. The summed E-state index contributed by atoms with van der Waals surface area (Å²) in [6, 6.07) is 0. The van der Waals surface area contributed by atoms with Crippen LogP contribution in [0.15, 0.2) is 0 Å². The van der Waals surface area contributed by atoms with E-state index in [9.17, 15) is 4.79 Å². The summed E-state index contributed by atoms with van der Waals surface area (Å²) in [5, 5.41) is 0. The molecule has 13 heavy (non-hydrogen) atoms. The van der Waals surface area contributed by atoms with Gasteiger partial charge in [-0.25, -0.2) is 0 Å². The fraction of sp³-hybridized carbons (Fsp3) is 0.909. The largest absolute Gasteiger partial charge is 0.369 e. The minimum Gasteiger partial charge on any atom is -0.369 e. The first kappa shape index (κ1) is 9.04. The lowest BCUT2D eigenvalue weighted by Crippen LogP contribution is -2.32. The molecule has 74 valence electrons. The number of nitrogens with two attached hydrogens (primary N) is 1. The second-order valence-corrected chi connectivity index (χ2v) is 5.50. The van der Waals surface area contributed by atoms with Crippen LogP contribution in [0.4, 0.5) is 0 Å². The second-order valence-electron chi connectivity index (χ2n) is 5.50. The van der Waals surface area contributed by atoms with Gasteiger partial charge in [0.2, 0.25) is 5.91 Å². The molecule has 2 saturated carbocycles. The van der Waals surface area contributed by atoms with Gasteiger partial charge < -0.3 is 5.73 Å². The number of carbonyl (C=O) groups is 1. The van der Waals surface area contributed by atoms with Crippen molar-refractivity contribution in [3.05, 3.63) is 0 Å². The molecule has 2 aliphatic carbocycles. The quantitative estimate of drug-likeness (QED) is 0.660. The molecule has 2 nitrogen and oxygen atoms in total. The third kappa shape index (κ3) is 0.866.